The standard InChI is InChI=1S/C15H14.C2H6/c1-11-5-4-8-14-9-12-6-2-3-7-13(12)10-15(11)14;1-2/h2,4-6,8-10H,3,7H2,1H3;1-2H3. The lowest BCUT2D eigenvalue weighted by Crippen LogP contribution is -1.94. The van der Waals surface area contributed by atoms with Gasteiger partial charge in [-0.25, -0.2) is 0 Å². The minimum absolute atomic E-state index is 1.18. The van der Waals surface area contributed by atoms with Crippen LogP contribution in [0.25, 0.3) is 16.8 Å². The Hall–Kier alpha value is -1.56. The Bertz CT molecular complexity index is 547. The fourth-order valence-corrected chi connectivity index (χ4v) is 2.36. The highest BCUT2D eigenvalue weighted by Gasteiger charge is 2.06. The molecule has 0 aliphatic heterocycles. The van der Waals surface area contributed by atoms with Gasteiger partial charge in [-0.05, 0) is 53.3 Å². The van der Waals surface area contributed by atoms with Crippen molar-refractivity contribution < 1.29 is 0 Å². The molecular formula is C17H20. The van der Waals surface area contributed by atoms with Gasteiger partial charge in [0, 0.05) is 0 Å². The zero-order chi connectivity index (χ0) is 12.3. The average Bonchev–Trinajstić information content (AvgIpc) is 2.40. The minimum atomic E-state index is 1.18. The highest BCUT2D eigenvalue weighted by atomic mass is 14.1. The Morgan fingerprint density at radius 3 is 2.71 bits per heavy atom. The summed E-state index contributed by atoms with van der Waals surface area (Å²) >= 11 is 0. The van der Waals surface area contributed by atoms with E-state index in [1.54, 1.807) is 0 Å². The summed E-state index contributed by atoms with van der Waals surface area (Å²) in [6, 6.07) is 11.2. The van der Waals surface area contributed by atoms with E-state index in [0.29, 0.717) is 0 Å². The van der Waals surface area contributed by atoms with E-state index in [-0.39, 0.29) is 0 Å². The summed E-state index contributed by atoms with van der Waals surface area (Å²) < 4.78 is 0. The van der Waals surface area contributed by atoms with Crippen LogP contribution in [-0.2, 0) is 6.42 Å². The van der Waals surface area contributed by atoms with Crippen LogP contribution in [0.4, 0.5) is 0 Å². The first-order valence-corrected chi connectivity index (χ1v) is 6.53. The van der Waals surface area contributed by atoms with Crippen LogP contribution >= 0.6 is 0 Å². The van der Waals surface area contributed by atoms with Crippen LogP contribution < -0.4 is 0 Å². The zero-order valence-electron chi connectivity index (χ0n) is 11.0. The lowest BCUT2D eigenvalue weighted by atomic mass is 9.92. The van der Waals surface area contributed by atoms with Crippen molar-refractivity contribution in [2.24, 2.45) is 0 Å². The molecule has 0 spiro atoms. The Kier molecular flexibility index (Phi) is 3.63. The van der Waals surface area contributed by atoms with Crippen LogP contribution in [0.5, 0.6) is 0 Å². The van der Waals surface area contributed by atoms with Crippen molar-refractivity contribution in [2.45, 2.75) is 33.6 Å². The van der Waals surface area contributed by atoms with Gasteiger partial charge in [-0.3, -0.25) is 0 Å². The number of rotatable bonds is 0. The Labute approximate surface area is 104 Å². The lowest BCUT2D eigenvalue weighted by Gasteiger charge is -2.12. The molecule has 0 bridgehead atoms. The van der Waals surface area contributed by atoms with E-state index < -0.39 is 0 Å². The van der Waals surface area contributed by atoms with E-state index in [2.05, 4.69) is 49.4 Å². The van der Waals surface area contributed by atoms with Crippen LogP contribution in [0.1, 0.15) is 37.0 Å². The Balaban J connectivity index is 0.000000514. The fourth-order valence-electron chi connectivity index (χ4n) is 2.36. The molecule has 0 N–H and O–H groups in total. The van der Waals surface area contributed by atoms with Gasteiger partial charge in [0.15, 0.2) is 0 Å². The highest BCUT2D eigenvalue weighted by molar-refractivity contribution is 5.88. The molecule has 0 unspecified atom stereocenters. The molecule has 0 fully saturated rings. The third-order valence-electron chi connectivity index (χ3n) is 3.24. The van der Waals surface area contributed by atoms with Crippen molar-refractivity contribution in [1.29, 1.82) is 0 Å². The van der Waals surface area contributed by atoms with Crippen LogP contribution in [0.3, 0.4) is 0 Å². The number of aryl methyl sites for hydroxylation is 2. The van der Waals surface area contributed by atoms with E-state index in [4.69, 9.17) is 0 Å². The van der Waals surface area contributed by atoms with E-state index >= 15 is 0 Å². The minimum Gasteiger partial charge on any atom is -0.0836 e. The summed E-state index contributed by atoms with van der Waals surface area (Å²) in [7, 11) is 0. The maximum atomic E-state index is 2.36. The number of hydrogen-bond donors (Lipinski definition) is 0. The van der Waals surface area contributed by atoms with Gasteiger partial charge in [0.1, 0.15) is 0 Å². The van der Waals surface area contributed by atoms with E-state index in [1.807, 2.05) is 13.8 Å². The predicted octanol–water partition coefficient (Wildman–Crippen LogP) is 5.13. The molecule has 0 saturated heterocycles. The van der Waals surface area contributed by atoms with Gasteiger partial charge in [-0.15, -0.1) is 0 Å². The quantitative estimate of drug-likeness (QED) is 0.581. The molecule has 2 aromatic rings. The van der Waals surface area contributed by atoms with Crippen molar-refractivity contribution in [2.75, 3.05) is 0 Å². The first-order chi connectivity index (χ1) is 8.34. The molecule has 17 heavy (non-hydrogen) atoms. The average molecular weight is 224 g/mol. The molecule has 0 nitrogen and oxygen atoms in total. The predicted molar refractivity (Wildman–Crippen MR) is 77.4 cm³/mol. The zero-order valence-corrected chi connectivity index (χ0v) is 11.0. The molecule has 0 aromatic heterocycles. The molecule has 0 atom stereocenters. The monoisotopic (exact) mass is 224 g/mol. The molecule has 1 aliphatic rings. The summed E-state index contributed by atoms with van der Waals surface area (Å²) in [4.78, 5) is 0. The molecular weight excluding hydrogens is 204 g/mol. The maximum absolute atomic E-state index is 2.36. The third-order valence-corrected chi connectivity index (χ3v) is 3.24. The number of hydrogen-bond acceptors (Lipinski definition) is 0. The van der Waals surface area contributed by atoms with Gasteiger partial charge in [-0.2, -0.15) is 0 Å². The smallest absolute Gasteiger partial charge is 0.0152 e. The van der Waals surface area contributed by atoms with E-state index in [9.17, 15) is 0 Å². The summed E-state index contributed by atoms with van der Waals surface area (Å²) in [5.41, 5.74) is 4.28. The van der Waals surface area contributed by atoms with Gasteiger partial charge < -0.3 is 0 Å². The second-order valence-electron chi connectivity index (χ2n) is 4.29. The van der Waals surface area contributed by atoms with Crippen molar-refractivity contribution >= 4 is 16.8 Å². The second kappa shape index (κ2) is 5.18. The van der Waals surface area contributed by atoms with Gasteiger partial charge in [0.05, 0.1) is 0 Å². The topological polar surface area (TPSA) is 0 Å². The number of fused-ring (bicyclic) bond motifs is 2. The molecule has 1 aliphatic carbocycles. The SMILES string of the molecule is CC.Cc1cccc2cc3c(cc12)CCC=C3. The Morgan fingerprint density at radius 2 is 1.88 bits per heavy atom. The largest absolute Gasteiger partial charge is 0.0836 e. The molecule has 0 radical (unpaired) electrons. The first-order valence-electron chi connectivity index (χ1n) is 6.53. The number of benzene rings is 2. The van der Waals surface area contributed by atoms with Crippen molar-refractivity contribution in [1.82, 2.24) is 0 Å². The van der Waals surface area contributed by atoms with E-state index in [1.165, 1.54) is 40.3 Å². The van der Waals surface area contributed by atoms with Crippen molar-refractivity contribution in [3.8, 4) is 0 Å². The van der Waals surface area contributed by atoms with Crippen LogP contribution in [0.2, 0.25) is 0 Å². The van der Waals surface area contributed by atoms with Gasteiger partial charge >= 0.3 is 0 Å². The molecule has 0 heteroatoms. The maximum Gasteiger partial charge on any atom is -0.0152 e. The Morgan fingerprint density at radius 1 is 1.06 bits per heavy atom. The van der Waals surface area contributed by atoms with Gasteiger partial charge in [-0.1, -0.05) is 50.3 Å². The summed E-state index contributed by atoms with van der Waals surface area (Å²) in [5, 5.41) is 2.77. The van der Waals surface area contributed by atoms with Crippen LogP contribution in [0.15, 0.2) is 36.4 Å². The normalized spacial score (nSPS) is 12.9. The second-order valence-corrected chi connectivity index (χ2v) is 4.29. The first kappa shape index (κ1) is 11.9. The molecule has 0 saturated carbocycles. The van der Waals surface area contributed by atoms with Crippen molar-refractivity contribution in [3.05, 3.63) is 53.1 Å². The number of allylic oxidation sites excluding steroid dienone is 1. The molecule has 2 aromatic carbocycles. The van der Waals surface area contributed by atoms with Crippen LogP contribution in [-0.4, -0.2) is 0 Å². The summed E-state index contributed by atoms with van der Waals surface area (Å²) in [6.07, 6.45) is 6.89. The lowest BCUT2D eigenvalue weighted by molar-refractivity contribution is 0.989. The molecule has 3 rings (SSSR count). The van der Waals surface area contributed by atoms with Gasteiger partial charge in [0.2, 0.25) is 0 Å². The fraction of sp³-hybridized carbons (Fsp3) is 0.294. The van der Waals surface area contributed by atoms with Crippen molar-refractivity contribution in [3.63, 3.8) is 0 Å². The highest BCUT2D eigenvalue weighted by Crippen LogP contribution is 2.27. The van der Waals surface area contributed by atoms with Crippen LogP contribution in [0, 0.1) is 6.92 Å². The third kappa shape index (κ3) is 2.26. The summed E-state index contributed by atoms with van der Waals surface area (Å²) in [6.45, 7) is 6.19. The van der Waals surface area contributed by atoms with E-state index in [0.717, 1.165) is 0 Å². The summed E-state index contributed by atoms with van der Waals surface area (Å²) in [5.74, 6) is 0. The molecule has 88 valence electrons. The molecule has 0 heterocycles. The molecule has 0 amide bonds. The van der Waals surface area contributed by atoms with Gasteiger partial charge in [0.25, 0.3) is 0 Å².